The van der Waals surface area contributed by atoms with Gasteiger partial charge in [0, 0.05) is 56.0 Å². The molecular formula is C42H24N4O. The lowest BCUT2D eigenvalue weighted by Crippen LogP contribution is -1.96. The third-order valence-electron chi connectivity index (χ3n) is 9.37. The Morgan fingerprint density at radius 3 is 2.00 bits per heavy atom. The number of hydrogen-bond donors (Lipinski definition) is 0. The molecule has 0 radical (unpaired) electrons. The van der Waals surface area contributed by atoms with Crippen LogP contribution in [-0.4, -0.2) is 14.1 Å². The largest absolute Gasteiger partial charge is 0.456 e. The molecule has 0 bridgehead atoms. The molecule has 0 aliphatic heterocycles. The lowest BCUT2D eigenvalue weighted by molar-refractivity contribution is 0.669. The highest BCUT2D eigenvalue weighted by Crippen LogP contribution is 2.40. The average Bonchev–Trinajstić information content (AvgIpc) is 3.77. The Balaban J connectivity index is 1.20. The van der Waals surface area contributed by atoms with Gasteiger partial charge in [0.05, 0.1) is 34.8 Å². The zero-order chi connectivity index (χ0) is 31.1. The lowest BCUT2D eigenvalue weighted by Gasteiger charge is -2.13. The Morgan fingerprint density at radius 1 is 0.489 bits per heavy atom. The number of para-hydroxylation sites is 3. The van der Waals surface area contributed by atoms with Crippen molar-refractivity contribution in [3.05, 3.63) is 157 Å². The molecule has 218 valence electrons. The van der Waals surface area contributed by atoms with E-state index in [1.165, 1.54) is 10.8 Å². The highest BCUT2D eigenvalue weighted by molar-refractivity contribution is 6.17. The van der Waals surface area contributed by atoms with E-state index in [0.29, 0.717) is 5.69 Å². The average molecular weight is 601 g/mol. The van der Waals surface area contributed by atoms with Gasteiger partial charge in [-0.3, -0.25) is 4.98 Å². The Kier molecular flexibility index (Phi) is 5.28. The van der Waals surface area contributed by atoms with Crippen LogP contribution in [-0.2, 0) is 0 Å². The second-order valence-corrected chi connectivity index (χ2v) is 12.0. The molecule has 0 spiro atoms. The molecule has 0 fully saturated rings. The van der Waals surface area contributed by atoms with Crippen molar-refractivity contribution < 1.29 is 4.42 Å². The number of aromatic nitrogens is 3. The molecule has 4 heterocycles. The van der Waals surface area contributed by atoms with Crippen LogP contribution >= 0.6 is 0 Å². The highest BCUT2D eigenvalue weighted by atomic mass is 16.3. The van der Waals surface area contributed by atoms with Crippen molar-refractivity contribution in [3.8, 4) is 22.5 Å². The van der Waals surface area contributed by atoms with E-state index in [1.54, 1.807) is 0 Å². The fourth-order valence-corrected chi connectivity index (χ4v) is 7.34. The summed E-state index contributed by atoms with van der Waals surface area (Å²) in [5, 5.41) is 6.88. The van der Waals surface area contributed by atoms with E-state index in [4.69, 9.17) is 11.0 Å². The minimum absolute atomic E-state index is 0.595. The smallest absolute Gasteiger partial charge is 0.189 e. The van der Waals surface area contributed by atoms with E-state index in [9.17, 15) is 0 Å². The van der Waals surface area contributed by atoms with Gasteiger partial charge in [0.2, 0.25) is 0 Å². The first-order chi connectivity index (χ1) is 23.2. The van der Waals surface area contributed by atoms with E-state index in [-0.39, 0.29) is 0 Å². The first kappa shape index (κ1) is 25.7. The predicted molar refractivity (Wildman–Crippen MR) is 192 cm³/mol. The Hall–Kier alpha value is -6.64. The summed E-state index contributed by atoms with van der Waals surface area (Å²) in [5.74, 6) is 0. The van der Waals surface area contributed by atoms with Crippen LogP contribution in [0.2, 0.25) is 0 Å². The van der Waals surface area contributed by atoms with Gasteiger partial charge in [-0.15, -0.1) is 0 Å². The van der Waals surface area contributed by atoms with Gasteiger partial charge in [-0.1, -0.05) is 66.7 Å². The van der Waals surface area contributed by atoms with Gasteiger partial charge in [-0.25, -0.2) is 4.85 Å². The molecule has 5 nitrogen and oxygen atoms in total. The van der Waals surface area contributed by atoms with Gasteiger partial charge < -0.3 is 13.6 Å². The second-order valence-electron chi connectivity index (χ2n) is 12.0. The van der Waals surface area contributed by atoms with Crippen molar-refractivity contribution in [1.82, 2.24) is 14.1 Å². The van der Waals surface area contributed by atoms with Crippen molar-refractivity contribution in [2.75, 3.05) is 0 Å². The Labute approximate surface area is 269 Å². The van der Waals surface area contributed by atoms with Crippen molar-refractivity contribution >= 4 is 71.2 Å². The van der Waals surface area contributed by atoms with E-state index >= 15 is 0 Å². The molecular weight excluding hydrogens is 576 g/mol. The van der Waals surface area contributed by atoms with Crippen molar-refractivity contribution in [3.63, 3.8) is 0 Å². The fourth-order valence-electron chi connectivity index (χ4n) is 7.34. The van der Waals surface area contributed by atoms with Crippen molar-refractivity contribution in [1.29, 1.82) is 0 Å². The van der Waals surface area contributed by atoms with Gasteiger partial charge >= 0.3 is 0 Å². The molecule has 0 saturated heterocycles. The summed E-state index contributed by atoms with van der Waals surface area (Å²) in [4.78, 5) is 8.42. The van der Waals surface area contributed by atoms with Gasteiger partial charge in [-0.2, -0.15) is 0 Å². The molecule has 5 heteroatoms. The highest BCUT2D eigenvalue weighted by Gasteiger charge is 2.18. The summed E-state index contributed by atoms with van der Waals surface area (Å²) in [5.41, 5.74) is 10.6. The van der Waals surface area contributed by atoms with Gasteiger partial charge in [-0.05, 0) is 71.8 Å². The van der Waals surface area contributed by atoms with Crippen molar-refractivity contribution in [2.24, 2.45) is 0 Å². The van der Waals surface area contributed by atoms with Gasteiger partial charge in [0.15, 0.2) is 5.69 Å². The van der Waals surface area contributed by atoms with Gasteiger partial charge in [0.25, 0.3) is 0 Å². The van der Waals surface area contributed by atoms with Crippen molar-refractivity contribution in [2.45, 2.75) is 0 Å². The molecule has 0 N–H and O–H groups in total. The summed E-state index contributed by atoms with van der Waals surface area (Å²) < 4.78 is 10.8. The number of nitrogens with zero attached hydrogens (tertiary/aromatic N) is 4. The molecule has 6 aromatic carbocycles. The van der Waals surface area contributed by atoms with Crippen LogP contribution in [0.15, 0.2) is 150 Å². The van der Waals surface area contributed by atoms with E-state index < -0.39 is 0 Å². The third-order valence-corrected chi connectivity index (χ3v) is 9.37. The molecule has 0 aliphatic carbocycles. The standard InChI is InChI=1S/C42H24N4O/c1-43-28-19-27(21-30(22-28)46-37-14-5-2-11-31(37)32-12-3-6-15-38(32)46)26-9-8-10-29(20-26)45-39-24-42-36(34-13-4-7-16-41(34)47-42)23-35(39)33-17-18-44-25-40(33)45/h2-25H. The first-order valence-electron chi connectivity index (χ1n) is 15.6. The van der Waals surface area contributed by atoms with Crippen LogP contribution in [0.3, 0.4) is 0 Å². The molecule has 0 unspecified atom stereocenters. The number of pyridine rings is 1. The van der Waals surface area contributed by atoms with Crippen LogP contribution in [0.1, 0.15) is 0 Å². The molecule has 4 aromatic heterocycles. The topological polar surface area (TPSA) is 40.2 Å². The minimum Gasteiger partial charge on any atom is -0.456 e. The van der Waals surface area contributed by atoms with Crippen LogP contribution < -0.4 is 0 Å². The molecule has 10 rings (SSSR count). The maximum absolute atomic E-state index is 7.99. The fraction of sp³-hybridized carbons (Fsp3) is 0. The molecule has 0 amide bonds. The normalized spacial score (nSPS) is 11.8. The predicted octanol–water partition coefficient (Wildman–Crippen LogP) is 11.4. The SMILES string of the molecule is [C-]#[N+]c1cc(-c2cccc(-n3c4cnccc4c4cc5c(cc43)oc3ccccc35)c2)cc(-n2c3ccccc3c3ccccc32)c1. The molecule has 47 heavy (non-hydrogen) atoms. The number of hydrogen-bond acceptors (Lipinski definition) is 2. The van der Waals surface area contributed by atoms with E-state index in [1.807, 2.05) is 36.7 Å². The van der Waals surface area contributed by atoms with E-state index in [2.05, 4.69) is 128 Å². The van der Waals surface area contributed by atoms with Gasteiger partial charge in [0.1, 0.15) is 11.2 Å². The molecule has 0 atom stereocenters. The second kappa shape index (κ2) is 9.68. The maximum atomic E-state index is 7.99. The van der Waals surface area contributed by atoms with Crippen LogP contribution in [0.25, 0.3) is 92.9 Å². The molecule has 0 aliphatic rings. The molecule has 10 aromatic rings. The van der Waals surface area contributed by atoms with Crippen LogP contribution in [0, 0.1) is 6.57 Å². The number of fused-ring (bicyclic) bond motifs is 9. The number of benzene rings is 6. The summed E-state index contributed by atoms with van der Waals surface area (Å²) in [7, 11) is 0. The maximum Gasteiger partial charge on any atom is 0.189 e. The first-order valence-corrected chi connectivity index (χ1v) is 15.6. The van der Waals surface area contributed by atoms with Crippen LogP contribution in [0.5, 0.6) is 0 Å². The van der Waals surface area contributed by atoms with E-state index in [0.717, 1.165) is 77.3 Å². The lowest BCUT2D eigenvalue weighted by atomic mass is 10.0. The summed E-state index contributed by atoms with van der Waals surface area (Å²) in [6.07, 6.45) is 3.79. The molecule has 0 saturated carbocycles. The summed E-state index contributed by atoms with van der Waals surface area (Å²) >= 11 is 0. The minimum atomic E-state index is 0.595. The number of furan rings is 1. The number of rotatable bonds is 3. The van der Waals surface area contributed by atoms with Crippen LogP contribution in [0.4, 0.5) is 5.69 Å². The zero-order valence-corrected chi connectivity index (χ0v) is 25.1. The summed E-state index contributed by atoms with van der Waals surface area (Å²) in [6.45, 7) is 7.99. The summed E-state index contributed by atoms with van der Waals surface area (Å²) in [6, 6.07) is 46.3. The quantitative estimate of drug-likeness (QED) is 0.189. The zero-order valence-electron chi connectivity index (χ0n) is 25.1. The Bertz CT molecular complexity index is 2880. The third kappa shape index (κ3) is 3.73. The monoisotopic (exact) mass is 600 g/mol. The Morgan fingerprint density at radius 2 is 1.19 bits per heavy atom.